The van der Waals surface area contributed by atoms with Gasteiger partial charge < -0.3 is 14.2 Å². The third-order valence-corrected chi connectivity index (χ3v) is 3.03. The largest absolute Gasteiger partial charge is 0.496 e. The van der Waals surface area contributed by atoms with Gasteiger partial charge in [0.25, 0.3) is 0 Å². The Hall–Kier alpha value is -1.81. The number of ether oxygens (including phenoxy) is 3. The maximum atomic E-state index is 11.1. The first kappa shape index (κ1) is 15.2. The summed E-state index contributed by atoms with van der Waals surface area (Å²) in [5.41, 5.74) is 2.38. The number of carbonyl (C=O) groups is 1. The molecule has 0 saturated heterocycles. The average Bonchev–Trinajstić information content (AvgIpc) is 2.43. The molecule has 1 rings (SSSR count). The van der Waals surface area contributed by atoms with Crippen LogP contribution in [0.15, 0.2) is 24.3 Å². The van der Waals surface area contributed by atoms with Crippen molar-refractivity contribution in [2.45, 2.75) is 19.8 Å². The average molecular weight is 264 g/mol. The standard InChI is InChI=1S/C15H20O4/c1-10(2)11(3)13-6-12(8-16)14(18-5)7-15(13)19-9-17-4/h6-8,11H,1,9H2,2-5H3/t11-/m0/s1. The zero-order valence-corrected chi connectivity index (χ0v) is 11.9. The lowest BCUT2D eigenvalue weighted by atomic mass is 9.92. The number of allylic oxidation sites excluding steroid dienone is 1. The Morgan fingerprint density at radius 2 is 2.05 bits per heavy atom. The van der Waals surface area contributed by atoms with E-state index in [9.17, 15) is 4.79 Å². The lowest BCUT2D eigenvalue weighted by molar-refractivity contribution is 0.0501. The smallest absolute Gasteiger partial charge is 0.188 e. The van der Waals surface area contributed by atoms with Crippen LogP contribution in [0.2, 0.25) is 0 Å². The first-order valence-corrected chi connectivity index (χ1v) is 5.99. The van der Waals surface area contributed by atoms with Gasteiger partial charge in [-0.2, -0.15) is 0 Å². The minimum absolute atomic E-state index is 0.0801. The van der Waals surface area contributed by atoms with Crippen LogP contribution in [0.3, 0.4) is 0 Å². The van der Waals surface area contributed by atoms with Gasteiger partial charge in [-0.05, 0) is 13.0 Å². The predicted molar refractivity (Wildman–Crippen MR) is 74.1 cm³/mol. The molecule has 4 nitrogen and oxygen atoms in total. The molecular weight excluding hydrogens is 244 g/mol. The minimum atomic E-state index is 0.0801. The monoisotopic (exact) mass is 264 g/mol. The fourth-order valence-corrected chi connectivity index (χ4v) is 1.72. The summed E-state index contributed by atoms with van der Waals surface area (Å²) in [4.78, 5) is 11.1. The van der Waals surface area contributed by atoms with E-state index >= 15 is 0 Å². The molecule has 1 aromatic rings. The van der Waals surface area contributed by atoms with Crippen LogP contribution in [0.1, 0.15) is 35.7 Å². The highest BCUT2D eigenvalue weighted by Crippen LogP contribution is 2.35. The van der Waals surface area contributed by atoms with Crippen molar-refractivity contribution in [1.29, 1.82) is 0 Å². The number of hydrogen-bond acceptors (Lipinski definition) is 4. The van der Waals surface area contributed by atoms with Crippen molar-refractivity contribution in [2.75, 3.05) is 21.0 Å². The van der Waals surface area contributed by atoms with Crippen molar-refractivity contribution < 1.29 is 19.0 Å². The van der Waals surface area contributed by atoms with E-state index < -0.39 is 0 Å². The van der Waals surface area contributed by atoms with Gasteiger partial charge in [-0.1, -0.05) is 19.1 Å². The summed E-state index contributed by atoms with van der Waals surface area (Å²) >= 11 is 0. The van der Waals surface area contributed by atoms with Crippen LogP contribution in [0.4, 0.5) is 0 Å². The molecule has 0 N–H and O–H groups in total. The van der Waals surface area contributed by atoms with E-state index in [1.165, 1.54) is 7.11 Å². The first-order chi connectivity index (χ1) is 9.04. The maximum absolute atomic E-state index is 11.1. The molecule has 0 saturated carbocycles. The van der Waals surface area contributed by atoms with Crippen LogP contribution in [0, 0.1) is 0 Å². The second kappa shape index (κ2) is 6.95. The molecule has 0 aliphatic rings. The summed E-state index contributed by atoms with van der Waals surface area (Å²) in [5, 5.41) is 0. The van der Waals surface area contributed by atoms with Gasteiger partial charge in [-0.3, -0.25) is 4.79 Å². The predicted octanol–water partition coefficient (Wildman–Crippen LogP) is 3.17. The third-order valence-electron chi connectivity index (χ3n) is 3.03. The first-order valence-electron chi connectivity index (χ1n) is 5.99. The fourth-order valence-electron chi connectivity index (χ4n) is 1.72. The molecule has 1 atom stereocenters. The van der Waals surface area contributed by atoms with Gasteiger partial charge in [0.15, 0.2) is 13.1 Å². The van der Waals surface area contributed by atoms with E-state index in [4.69, 9.17) is 14.2 Å². The molecule has 0 heterocycles. The molecule has 0 spiro atoms. The molecule has 19 heavy (non-hydrogen) atoms. The van der Waals surface area contributed by atoms with Gasteiger partial charge in [-0.25, -0.2) is 0 Å². The zero-order chi connectivity index (χ0) is 14.4. The van der Waals surface area contributed by atoms with Crippen LogP contribution in [0.5, 0.6) is 11.5 Å². The van der Waals surface area contributed by atoms with Gasteiger partial charge >= 0.3 is 0 Å². The number of methoxy groups -OCH3 is 2. The molecule has 4 heteroatoms. The Bertz CT molecular complexity index is 465. The molecular formula is C15H20O4. The summed E-state index contributed by atoms with van der Waals surface area (Å²) in [6.07, 6.45) is 0.771. The number of aldehydes is 1. The van der Waals surface area contributed by atoms with Crippen molar-refractivity contribution in [3.8, 4) is 11.5 Å². The molecule has 0 aromatic heterocycles. The lowest BCUT2D eigenvalue weighted by Crippen LogP contribution is -2.06. The zero-order valence-electron chi connectivity index (χ0n) is 11.9. The van der Waals surface area contributed by atoms with Crippen LogP contribution in [0.25, 0.3) is 0 Å². The van der Waals surface area contributed by atoms with Crippen LogP contribution < -0.4 is 9.47 Å². The van der Waals surface area contributed by atoms with Crippen molar-refractivity contribution in [3.63, 3.8) is 0 Å². The molecule has 0 fully saturated rings. The number of hydrogen-bond donors (Lipinski definition) is 0. The highest BCUT2D eigenvalue weighted by atomic mass is 16.7. The number of rotatable bonds is 7. The quantitative estimate of drug-likeness (QED) is 0.431. The Kier molecular flexibility index (Phi) is 5.57. The fraction of sp³-hybridized carbons (Fsp3) is 0.400. The Morgan fingerprint density at radius 3 is 2.53 bits per heavy atom. The Morgan fingerprint density at radius 1 is 1.37 bits per heavy atom. The normalized spacial score (nSPS) is 11.8. The highest BCUT2D eigenvalue weighted by Gasteiger charge is 2.17. The van der Waals surface area contributed by atoms with Crippen LogP contribution in [-0.2, 0) is 4.74 Å². The molecule has 0 aliphatic heterocycles. The van der Waals surface area contributed by atoms with Gasteiger partial charge in [0.2, 0.25) is 0 Å². The second-order valence-electron chi connectivity index (χ2n) is 4.37. The summed E-state index contributed by atoms with van der Waals surface area (Å²) in [5.74, 6) is 1.20. The van der Waals surface area contributed by atoms with E-state index in [2.05, 4.69) is 6.58 Å². The van der Waals surface area contributed by atoms with E-state index in [0.29, 0.717) is 17.1 Å². The van der Waals surface area contributed by atoms with Crippen LogP contribution >= 0.6 is 0 Å². The van der Waals surface area contributed by atoms with Crippen molar-refractivity contribution >= 4 is 6.29 Å². The molecule has 104 valence electrons. The summed E-state index contributed by atoms with van der Waals surface area (Å²) < 4.78 is 15.6. The van der Waals surface area contributed by atoms with Crippen molar-refractivity contribution in [3.05, 3.63) is 35.4 Å². The summed E-state index contributed by atoms with van der Waals surface area (Å²) in [7, 11) is 3.07. The Labute approximate surface area is 114 Å². The van der Waals surface area contributed by atoms with Crippen molar-refractivity contribution in [2.24, 2.45) is 0 Å². The van der Waals surface area contributed by atoms with Crippen LogP contribution in [-0.4, -0.2) is 27.3 Å². The molecule has 0 unspecified atom stereocenters. The van der Waals surface area contributed by atoms with Gasteiger partial charge in [0.05, 0.1) is 12.7 Å². The molecule has 0 bridgehead atoms. The summed E-state index contributed by atoms with van der Waals surface area (Å²) in [6, 6.07) is 3.48. The van der Waals surface area contributed by atoms with Gasteiger partial charge in [-0.15, -0.1) is 0 Å². The molecule has 0 radical (unpaired) electrons. The minimum Gasteiger partial charge on any atom is -0.496 e. The van der Waals surface area contributed by atoms with E-state index in [0.717, 1.165) is 17.4 Å². The van der Waals surface area contributed by atoms with E-state index in [1.807, 2.05) is 13.8 Å². The summed E-state index contributed by atoms with van der Waals surface area (Å²) in [6.45, 7) is 8.04. The molecule has 1 aromatic carbocycles. The third kappa shape index (κ3) is 3.58. The van der Waals surface area contributed by atoms with Gasteiger partial charge in [0, 0.05) is 24.7 Å². The SMILES string of the molecule is C=C(C)[C@H](C)c1cc(C=O)c(OC)cc1OCOC. The lowest BCUT2D eigenvalue weighted by Gasteiger charge is -2.19. The number of benzene rings is 1. The Balaban J connectivity index is 3.30. The maximum Gasteiger partial charge on any atom is 0.188 e. The molecule has 0 amide bonds. The van der Waals surface area contributed by atoms with E-state index in [1.54, 1.807) is 19.2 Å². The topological polar surface area (TPSA) is 44.8 Å². The molecule has 0 aliphatic carbocycles. The van der Waals surface area contributed by atoms with E-state index in [-0.39, 0.29) is 12.7 Å². The second-order valence-corrected chi connectivity index (χ2v) is 4.37. The van der Waals surface area contributed by atoms with Crippen molar-refractivity contribution in [1.82, 2.24) is 0 Å². The van der Waals surface area contributed by atoms with Gasteiger partial charge in [0.1, 0.15) is 11.5 Å². The number of carbonyl (C=O) groups excluding carboxylic acids is 1. The highest BCUT2D eigenvalue weighted by molar-refractivity contribution is 5.80.